The van der Waals surface area contributed by atoms with Crippen molar-refractivity contribution < 1.29 is 14.3 Å². The van der Waals surface area contributed by atoms with Crippen LogP contribution in [0.2, 0.25) is 0 Å². The molecule has 0 aromatic heterocycles. The highest BCUT2D eigenvalue weighted by molar-refractivity contribution is 5.95. The molecule has 0 bridgehead atoms. The summed E-state index contributed by atoms with van der Waals surface area (Å²) in [5, 5.41) is 5.89. The van der Waals surface area contributed by atoms with Crippen LogP contribution in [-0.2, 0) is 0 Å². The minimum Gasteiger partial charge on any atom is -0.497 e. The molecule has 0 aliphatic rings. The maximum atomic E-state index is 12.0. The summed E-state index contributed by atoms with van der Waals surface area (Å²) >= 11 is 0. The van der Waals surface area contributed by atoms with Gasteiger partial charge in [0.25, 0.3) is 5.91 Å². The van der Waals surface area contributed by atoms with Gasteiger partial charge in [-0.2, -0.15) is 0 Å². The molecule has 6 heteroatoms. The van der Waals surface area contributed by atoms with Crippen molar-refractivity contribution in [3.05, 3.63) is 23.8 Å². The largest absolute Gasteiger partial charge is 0.497 e. The molecule has 0 saturated carbocycles. The molecular weight excluding hydrogens is 268 g/mol. The number of halogens is 1. The van der Waals surface area contributed by atoms with E-state index < -0.39 is 0 Å². The van der Waals surface area contributed by atoms with E-state index in [0.29, 0.717) is 23.6 Å². The number of benzene rings is 1. The Kier molecular flexibility index (Phi) is 7.95. The molecule has 0 spiro atoms. The van der Waals surface area contributed by atoms with Gasteiger partial charge in [-0.05, 0) is 26.1 Å². The molecule has 0 radical (unpaired) electrons. The maximum Gasteiger partial charge on any atom is 0.251 e. The van der Waals surface area contributed by atoms with E-state index in [1.807, 2.05) is 14.0 Å². The van der Waals surface area contributed by atoms with E-state index in [2.05, 4.69) is 10.6 Å². The number of methoxy groups -OCH3 is 2. The molecule has 108 valence electrons. The first-order valence-corrected chi connectivity index (χ1v) is 5.79. The van der Waals surface area contributed by atoms with Crippen LogP contribution < -0.4 is 20.1 Å². The van der Waals surface area contributed by atoms with Gasteiger partial charge in [-0.1, -0.05) is 0 Å². The SMILES string of the molecule is CNC(C)CNC(=O)c1cc(OC)cc(OC)c1.Cl. The van der Waals surface area contributed by atoms with E-state index in [-0.39, 0.29) is 24.4 Å². The van der Waals surface area contributed by atoms with Gasteiger partial charge in [-0.3, -0.25) is 4.79 Å². The number of amides is 1. The lowest BCUT2D eigenvalue weighted by molar-refractivity contribution is 0.0950. The van der Waals surface area contributed by atoms with Crippen LogP contribution in [0.3, 0.4) is 0 Å². The van der Waals surface area contributed by atoms with Gasteiger partial charge in [-0.25, -0.2) is 0 Å². The van der Waals surface area contributed by atoms with Gasteiger partial charge >= 0.3 is 0 Å². The van der Waals surface area contributed by atoms with E-state index >= 15 is 0 Å². The zero-order chi connectivity index (χ0) is 13.5. The van der Waals surface area contributed by atoms with Crippen LogP contribution >= 0.6 is 12.4 Å². The molecule has 0 saturated heterocycles. The Hall–Kier alpha value is -1.46. The molecule has 1 rings (SSSR count). The van der Waals surface area contributed by atoms with Crippen molar-refractivity contribution in [2.75, 3.05) is 27.8 Å². The second kappa shape index (κ2) is 8.61. The summed E-state index contributed by atoms with van der Waals surface area (Å²) in [4.78, 5) is 12.0. The van der Waals surface area contributed by atoms with Crippen LogP contribution in [0.15, 0.2) is 18.2 Å². The van der Waals surface area contributed by atoms with Gasteiger partial charge in [0.05, 0.1) is 14.2 Å². The number of ether oxygens (including phenoxy) is 2. The second-order valence-electron chi connectivity index (χ2n) is 4.00. The van der Waals surface area contributed by atoms with Crippen molar-refractivity contribution in [3.63, 3.8) is 0 Å². The van der Waals surface area contributed by atoms with Crippen molar-refractivity contribution in [2.45, 2.75) is 13.0 Å². The first kappa shape index (κ1) is 17.5. The third-order valence-electron chi connectivity index (χ3n) is 2.68. The lowest BCUT2D eigenvalue weighted by atomic mass is 10.2. The summed E-state index contributed by atoms with van der Waals surface area (Å²) in [6, 6.07) is 5.32. The molecular formula is C13H21ClN2O3. The monoisotopic (exact) mass is 288 g/mol. The Bertz CT molecular complexity index is 391. The summed E-state index contributed by atoms with van der Waals surface area (Å²) in [5.41, 5.74) is 0.523. The number of carbonyl (C=O) groups excluding carboxylic acids is 1. The average molecular weight is 289 g/mol. The smallest absolute Gasteiger partial charge is 0.251 e. The molecule has 1 amide bonds. The first-order valence-electron chi connectivity index (χ1n) is 5.79. The van der Waals surface area contributed by atoms with E-state index in [1.54, 1.807) is 32.4 Å². The van der Waals surface area contributed by atoms with Gasteiger partial charge in [-0.15, -0.1) is 12.4 Å². The van der Waals surface area contributed by atoms with Gasteiger partial charge < -0.3 is 20.1 Å². The summed E-state index contributed by atoms with van der Waals surface area (Å²) in [6.45, 7) is 2.56. The summed E-state index contributed by atoms with van der Waals surface area (Å²) in [7, 11) is 4.96. The third-order valence-corrected chi connectivity index (χ3v) is 2.68. The molecule has 0 aliphatic heterocycles. The second-order valence-corrected chi connectivity index (χ2v) is 4.00. The highest BCUT2D eigenvalue weighted by Gasteiger charge is 2.10. The first-order chi connectivity index (χ1) is 8.60. The number of hydrogen-bond acceptors (Lipinski definition) is 4. The van der Waals surface area contributed by atoms with Gasteiger partial charge in [0, 0.05) is 24.2 Å². The van der Waals surface area contributed by atoms with Crippen LogP contribution in [0, 0.1) is 0 Å². The van der Waals surface area contributed by atoms with Crippen molar-refractivity contribution >= 4 is 18.3 Å². The normalized spacial score (nSPS) is 11.2. The molecule has 1 unspecified atom stereocenters. The third kappa shape index (κ3) is 5.36. The van der Waals surface area contributed by atoms with E-state index in [4.69, 9.17) is 9.47 Å². The molecule has 0 heterocycles. The van der Waals surface area contributed by atoms with Crippen molar-refractivity contribution in [2.24, 2.45) is 0 Å². The van der Waals surface area contributed by atoms with Gasteiger partial charge in [0.2, 0.25) is 0 Å². The van der Waals surface area contributed by atoms with Crippen LogP contribution in [0.1, 0.15) is 17.3 Å². The zero-order valence-corrected chi connectivity index (χ0v) is 12.5. The number of nitrogens with one attached hydrogen (secondary N) is 2. The van der Waals surface area contributed by atoms with Crippen molar-refractivity contribution in [1.29, 1.82) is 0 Å². The standard InChI is InChI=1S/C13H20N2O3.ClH/c1-9(14-2)8-15-13(16)10-5-11(17-3)7-12(6-10)18-4;/h5-7,9,14H,8H2,1-4H3,(H,15,16);1H. The van der Waals surface area contributed by atoms with Gasteiger partial charge in [0.1, 0.15) is 11.5 Å². The van der Waals surface area contributed by atoms with Crippen LogP contribution in [0.25, 0.3) is 0 Å². The number of likely N-dealkylation sites (N-methyl/N-ethyl adjacent to an activating group) is 1. The van der Waals surface area contributed by atoms with E-state index in [1.165, 1.54) is 0 Å². The van der Waals surface area contributed by atoms with Crippen LogP contribution in [0.5, 0.6) is 11.5 Å². The number of hydrogen-bond donors (Lipinski definition) is 2. The lowest BCUT2D eigenvalue weighted by Crippen LogP contribution is -2.37. The Morgan fingerprint density at radius 3 is 2.16 bits per heavy atom. The fourth-order valence-electron chi connectivity index (χ4n) is 1.39. The molecule has 1 aromatic rings. The highest BCUT2D eigenvalue weighted by atomic mass is 35.5. The molecule has 5 nitrogen and oxygen atoms in total. The summed E-state index contributed by atoms with van der Waals surface area (Å²) in [5.74, 6) is 1.05. The molecule has 1 atom stereocenters. The number of rotatable bonds is 6. The Morgan fingerprint density at radius 2 is 1.74 bits per heavy atom. The zero-order valence-electron chi connectivity index (χ0n) is 11.6. The Labute approximate surface area is 120 Å². The minimum absolute atomic E-state index is 0. The van der Waals surface area contributed by atoms with Gasteiger partial charge in [0.15, 0.2) is 0 Å². The molecule has 0 fully saturated rings. The topological polar surface area (TPSA) is 59.6 Å². The Balaban J connectivity index is 0.00000324. The van der Waals surface area contributed by atoms with Crippen LogP contribution in [-0.4, -0.2) is 39.8 Å². The van der Waals surface area contributed by atoms with E-state index in [0.717, 1.165) is 0 Å². The summed E-state index contributed by atoms with van der Waals surface area (Å²) < 4.78 is 10.2. The number of carbonyl (C=O) groups is 1. The quantitative estimate of drug-likeness (QED) is 0.832. The van der Waals surface area contributed by atoms with E-state index in [9.17, 15) is 4.79 Å². The predicted molar refractivity (Wildman–Crippen MR) is 77.6 cm³/mol. The lowest BCUT2D eigenvalue weighted by Gasteiger charge is -2.12. The fourth-order valence-corrected chi connectivity index (χ4v) is 1.39. The molecule has 19 heavy (non-hydrogen) atoms. The minimum atomic E-state index is -0.144. The fraction of sp³-hybridized carbons (Fsp3) is 0.462. The molecule has 1 aromatic carbocycles. The predicted octanol–water partition coefficient (Wildman–Crippen LogP) is 1.46. The Morgan fingerprint density at radius 1 is 1.21 bits per heavy atom. The highest BCUT2D eigenvalue weighted by Crippen LogP contribution is 2.22. The maximum absolute atomic E-state index is 12.0. The average Bonchev–Trinajstić information content (AvgIpc) is 2.43. The molecule has 2 N–H and O–H groups in total. The van der Waals surface area contributed by atoms with Crippen molar-refractivity contribution in [3.8, 4) is 11.5 Å². The van der Waals surface area contributed by atoms with Crippen LogP contribution in [0.4, 0.5) is 0 Å². The summed E-state index contributed by atoms with van der Waals surface area (Å²) in [6.07, 6.45) is 0. The molecule has 0 aliphatic carbocycles. The van der Waals surface area contributed by atoms with Crippen molar-refractivity contribution in [1.82, 2.24) is 10.6 Å².